The quantitative estimate of drug-likeness (QED) is 0.640. The normalized spacial score (nSPS) is 11.0. The van der Waals surface area contributed by atoms with E-state index in [2.05, 4.69) is 4.99 Å². The van der Waals surface area contributed by atoms with Gasteiger partial charge in [0.05, 0.1) is 11.4 Å². The Morgan fingerprint density at radius 3 is 2.26 bits per heavy atom. The molecule has 1 rings (SSSR count). The van der Waals surface area contributed by atoms with Crippen molar-refractivity contribution in [3.63, 3.8) is 0 Å². The zero-order valence-electron chi connectivity index (χ0n) is 11.7. The van der Waals surface area contributed by atoms with Crippen LogP contribution in [0.15, 0.2) is 34.2 Å². The van der Waals surface area contributed by atoms with E-state index in [1.54, 1.807) is 12.1 Å². The van der Waals surface area contributed by atoms with Gasteiger partial charge >= 0.3 is 0 Å². The summed E-state index contributed by atoms with van der Waals surface area (Å²) in [5.74, 6) is 0.806. The lowest BCUT2D eigenvalue weighted by Gasteiger charge is -2.22. The first kappa shape index (κ1) is 15.5. The average Bonchev–Trinajstić information content (AvgIpc) is 2.27. The molecule has 0 aliphatic carbocycles. The Labute approximate surface area is 114 Å². The van der Waals surface area contributed by atoms with Gasteiger partial charge in [-0.25, -0.2) is 18.5 Å². The van der Waals surface area contributed by atoms with Crippen molar-refractivity contribution >= 4 is 16.0 Å². The SMILES string of the molecule is CN(C)C(=NCc1cccc(S(N)(=O)=O)c1)N(C)C. The maximum atomic E-state index is 11.3. The number of nitrogens with zero attached hydrogens (tertiary/aromatic N) is 3. The lowest BCUT2D eigenvalue weighted by Crippen LogP contribution is -2.35. The van der Waals surface area contributed by atoms with Crippen LogP contribution in [0.25, 0.3) is 0 Å². The second kappa shape index (κ2) is 6.03. The van der Waals surface area contributed by atoms with Gasteiger partial charge < -0.3 is 9.80 Å². The molecule has 0 aromatic heterocycles. The van der Waals surface area contributed by atoms with Crippen LogP contribution in [0.4, 0.5) is 0 Å². The number of hydrogen-bond acceptors (Lipinski definition) is 3. The smallest absolute Gasteiger partial charge is 0.238 e. The highest BCUT2D eigenvalue weighted by Crippen LogP contribution is 2.11. The molecule has 0 heterocycles. The molecule has 7 heteroatoms. The van der Waals surface area contributed by atoms with Crippen molar-refractivity contribution in [1.82, 2.24) is 9.80 Å². The van der Waals surface area contributed by atoms with Gasteiger partial charge in [-0.2, -0.15) is 0 Å². The molecule has 0 bridgehead atoms. The fourth-order valence-electron chi connectivity index (χ4n) is 1.67. The lowest BCUT2D eigenvalue weighted by atomic mass is 10.2. The van der Waals surface area contributed by atoms with E-state index in [1.807, 2.05) is 44.1 Å². The van der Waals surface area contributed by atoms with Gasteiger partial charge in [0.25, 0.3) is 0 Å². The van der Waals surface area contributed by atoms with Crippen LogP contribution in [0.1, 0.15) is 5.56 Å². The zero-order valence-corrected chi connectivity index (χ0v) is 12.5. The molecule has 19 heavy (non-hydrogen) atoms. The van der Waals surface area contributed by atoms with Crippen molar-refractivity contribution in [2.45, 2.75) is 11.4 Å². The topological polar surface area (TPSA) is 79.0 Å². The Morgan fingerprint density at radius 1 is 1.21 bits per heavy atom. The van der Waals surface area contributed by atoms with Crippen LogP contribution < -0.4 is 5.14 Å². The molecule has 0 fully saturated rings. The molecular weight excluding hydrogens is 264 g/mol. The summed E-state index contributed by atoms with van der Waals surface area (Å²) < 4.78 is 22.5. The molecule has 0 spiro atoms. The summed E-state index contributed by atoms with van der Waals surface area (Å²) >= 11 is 0. The van der Waals surface area contributed by atoms with Gasteiger partial charge in [0, 0.05) is 28.2 Å². The monoisotopic (exact) mass is 284 g/mol. The van der Waals surface area contributed by atoms with Gasteiger partial charge in [0.2, 0.25) is 10.0 Å². The van der Waals surface area contributed by atoms with Crippen LogP contribution in [0, 0.1) is 0 Å². The second-order valence-corrected chi connectivity index (χ2v) is 6.16. The van der Waals surface area contributed by atoms with Crippen LogP contribution in [0.3, 0.4) is 0 Å². The van der Waals surface area contributed by atoms with E-state index in [0.29, 0.717) is 6.54 Å². The van der Waals surface area contributed by atoms with Crippen molar-refractivity contribution in [3.05, 3.63) is 29.8 Å². The molecule has 0 unspecified atom stereocenters. The number of nitrogens with two attached hydrogens (primary N) is 1. The predicted octanol–water partition coefficient (Wildman–Crippen LogP) is 0.313. The largest absolute Gasteiger partial charge is 0.349 e. The minimum Gasteiger partial charge on any atom is -0.349 e. The van der Waals surface area contributed by atoms with Crippen LogP contribution in [0.5, 0.6) is 0 Å². The zero-order chi connectivity index (χ0) is 14.6. The minimum absolute atomic E-state index is 0.108. The average molecular weight is 284 g/mol. The van der Waals surface area contributed by atoms with Crippen molar-refractivity contribution < 1.29 is 8.42 Å². The molecule has 0 aliphatic rings. The maximum absolute atomic E-state index is 11.3. The minimum atomic E-state index is -3.67. The summed E-state index contributed by atoms with van der Waals surface area (Å²) in [5.41, 5.74) is 0.799. The number of guanidine groups is 1. The molecule has 0 radical (unpaired) electrons. The second-order valence-electron chi connectivity index (χ2n) is 4.60. The summed E-state index contributed by atoms with van der Waals surface area (Å²) in [6.45, 7) is 0.398. The number of sulfonamides is 1. The first-order chi connectivity index (χ1) is 8.71. The number of hydrogen-bond donors (Lipinski definition) is 1. The fraction of sp³-hybridized carbons (Fsp3) is 0.417. The van der Waals surface area contributed by atoms with Crippen LogP contribution in [-0.4, -0.2) is 52.4 Å². The predicted molar refractivity (Wildman–Crippen MR) is 76.3 cm³/mol. The third-order valence-electron chi connectivity index (χ3n) is 2.43. The van der Waals surface area contributed by atoms with E-state index in [1.165, 1.54) is 6.07 Å². The van der Waals surface area contributed by atoms with Gasteiger partial charge in [0.15, 0.2) is 5.96 Å². The molecule has 2 N–H and O–H groups in total. The fourth-order valence-corrected chi connectivity index (χ4v) is 2.25. The standard InChI is InChI=1S/C12H20N4O2S/c1-15(2)12(16(3)4)14-9-10-6-5-7-11(8-10)19(13,17)18/h5-8H,9H2,1-4H3,(H2,13,17,18). The highest BCUT2D eigenvalue weighted by molar-refractivity contribution is 7.89. The molecule has 1 aromatic carbocycles. The summed E-state index contributed by atoms with van der Waals surface area (Å²) in [4.78, 5) is 8.34. The molecule has 0 aliphatic heterocycles. The third kappa shape index (κ3) is 4.53. The Hall–Kier alpha value is -1.60. The van der Waals surface area contributed by atoms with E-state index >= 15 is 0 Å². The Kier molecular flexibility index (Phi) is 4.90. The molecule has 0 saturated heterocycles. The van der Waals surface area contributed by atoms with Crippen LogP contribution >= 0.6 is 0 Å². The van der Waals surface area contributed by atoms with Crippen LogP contribution in [0.2, 0.25) is 0 Å². The summed E-state index contributed by atoms with van der Waals surface area (Å²) in [6.07, 6.45) is 0. The third-order valence-corrected chi connectivity index (χ3v) is 3.34. The Bertz CT molecular complexity index is 555. The van der Waals surface area contributed by atoms with Crippen molar-refractivity contribution in [3.8, 4) is 0 Å². The molecule has 1 aromatic rings. The van der Waals surface area contributed by atoms with Crippen LogP contribution in [-0.2, 0) is 16.6 Å². The van der Waals surface area contributed by atoms with E-state index in [9.17, 15) is 8.42 Å². The number of benzene rings is 1. The van der Waals surface area contributed by atoms with Gasteiger partial charge in [-0.1, -0.05) is 12.1 Å². The van der Waals surface area contributed by atoms with E-state index in [-0.39, 0.29) is 4.90 Å². The highest BCUT2D eigenvalue weighted by atomic mass is 32.2. The first-order valence-corrected chi connectivity index (χ1v) is 7.27. The van der Waals surface area contributed by atoms with E-state index in [4.69, 9.17) is 5.14 Å². The molecule has 6 nitrogen and oxygen atoms in total. The summed E-state index contributed by atoms with van der Waals surface area (Å²) in [5, 5.41) is 5.10. The van der Waals surface area contributed by atoms with Crippen molar-refractivity contribution in [1.29, 1.82) is 0 Å². The van der Waals surface area contributed by atoms with E-state index < -0.39 is 10.0 Å². The molecule has 106 valence electrons. The highest BCUT2D eigenvalue weighted by Gasteiger charge is 2.08. The summed E-state index contributed by atoms with van der Waals surface area (Å²) in [7, 11) is 3.94. The maximum Gasteiger partial charge on any atom is 0.238 e. The number of aliphatic imine (C=N–C) groups is 1. The molecule has 0 amide bonds. The Balaban J connectivity index is 2.98. The van der Waals surface area contributed by atoms with Gasteiger partial charge in [-0.05, 0) is 17.7 Å². The van der Waals surface area contributed by atoms with Crippen molar-refractivity contribution in [2.24, 2.45) is 10.1 Å². The Morgan fingerprint density at radius 2 is 1.79 bits per heavy atom. The molecule has 0 saturated carbocycles. The number of primary sulfonamides is 1. The number of rotatable bonds is 3. The van der Waals surface area contributed by atoms with Gasteiger partial charge in [0.1, 0.15) is 0 Å². The molecule has 0 atom stereocenters. The summed E-state index contributed by atoms with van der Waals surface area (Å²) in [6, 6.07) is 6.50. The van der Waals surface area contributed by atoms with Crippen molar-refractivity contribution in [2.75, 3.05) is 28.2 Å². The lowest BCUT2D eigenvalue weighted by molar-refractivity contribution is 0.479. The van der Waals surface area contributed by atoms with E-state index in [0.717, 1.165) is 11.5 Å². The van der Waals surface area contributed by atoms with Gasteiger partial charge in [-0.15, -0.1) is 0 Å². The van der Waals surface area contributed by atoms with Gasteiger partial charge in [-0.3, -0.25) is 0 Å². The molecular formula is C12H20N4O2S. The first-order valence-electron chi connectivity index (χ1n) is 5.72.